The summed E-state index contributed by atoms with van der Waals surface area (Å²) in [7, 11) is 1.48. The predicted molar refractivity (Wildman–Crippen MR) is 81.0 cm³/mol. The maximum atomic E-state index is 14.2. The second-order valence-electron chi connectivity index (χ2n) is 5.79. The summed E-state index contributed by atoms with van der Waals surface area (Å²) in [6, 6.07) is 4.66. The van der Waals surface area contributed by atoms with Crippen LogP contribution < -0.4 is 10.3 Å². The lowest BCUT2D eigenvalue weighted by molar-refractivity contribution is -0.0872. The standard InChI is InChI=1S/C16H18F2N2O3/c1-22-11-4-5-12-13(8-11)20-15(21)14(19-12)16(17,18)9-23-7-6-10-2-3-10/h4-5,8,10H,2-3,6-7,9H2,1H3,(H,20,21). The first-order chi connectivity index (χ1) is 11.0. The zero-order chi connectivity index (χ0) is 16.4. The van der Waals surface area contributed by atoms with Gasteiger partial charge in [-0.3, -0.25) is 4.79 Å². The fourth-order valence-electron chi connectivity index (χ4n) is 2.37. The first-order valence-corrected chi connectivity index (χ1v) is 7.54. The van der Waals surface area contributed by atoms with Gasteiger partial charge < -0.3 is 14.5 Å². The first-order valence-electron chi connectivity index (χ1n) is 7.54. The van der Waals surface area contributed by atoms with E-state index in [1.807, 2.05) is 0 Å². The zero-order valence-electron chi connectivity index (χ0n) is 12.8. The summed E-state index contributed by atoms with van der Waals surface area (Å²) in [4.78, 5) is 18.2. The van der Waals surface area contributed by atoms with Gasteiger partial charge in [0, 0.05) is 12.7 Å². The van der Waals surface area contributed by atoms with Gasteiger partial charge in [-0.25, -0.2) is 4.98 Å². The van der Waals surface area contributed by atoms with E-state index in [4.69, 9.17) is 9.47 Å². The molecule has 124 valence electrons. The third-order valence-electron chi connectivity index (χ3n) is 3.90. The molecule has 1 N–H and O–H groups in total. The van der Waals surface area contributed by atoms with Crippen molar-refractivity contribution in [3.05, 3.63) is 34.2 Å². The molecule has 0 aliphatic heterocycles. The van der Waals surface area contributed by atoms with Gasteiger partial charge in [0.15, 0.2) is 5.69 Å². The number of fused-ring (bicyclic) bond motifs is 1. The number of rotatable bonds is 7. The lowest BCUT2D eigenvalue weighted by Gasteiger charge is -2.15. The van der Waals surface area contributed by atoms with Gasteiger partial charge >= 0.3 is 5.92 Å². The number of benzene rings is 1. The van der Waals surface area contributed by atoms with Crippen LogP contribution >= 0.6 is 0 Å². The van der Waals surface area contributed by atoms with Crippen LogP contribution in [0.2, 0.25) is 0 Å². The van der Waals surface area contributed by atoms with Crippen LogP contribution in [0, 0.1) is 5.92 Å². The molecule has 0 amide bonds. The minimum Gasteiger partial charge on any atom is -0.497 e. The minimum atomic E-state index is -3.43. The van der Waals surface area contributed by atoms with E-state index in [-0.39, 0.29) is 12.1 Å². The number of nitrogens with one attached hydrogen (secondary N) is 1. The highest BCUT2D eigenvalue weighted by Gasteiger charge is 2.37. The molecule has 0 atom stereocenters. The number of aromatic nitrogens is 2. The molecule has 1 aromatic carbocycles. The normalized spacial score (nSPS) is 15.1. The SMILES string of the molecule is COc1ccc2nc(C(F)(F)COCCC3CC3)c(=O)[nH]c2c1. The first kappa shape index (κ1) is 15.9. The Hall–Kier alpha value is -2.02. The molecule has 1 heterocycles. The maximum Gasteiger partial charge on any atom is 0.317 e. The van der Waals surface area contributed by atoms with Crippen LogP contribution in [0.15, 0.2) is 23.0 Å². The summed E-state index contributed by atoms with van der Waals surface area (Å²) in [6.45, 7) is -0.555. The smallest absolute Gasteiger partial charge is 0.317 e. The van der Waals surface area contributed by atoms with Crippen molar-refractivity contribution in [2.24, 2.45) is 5.92 Å². The molecule has 1 saturated carbocycles. The average molecular weight is 324 g/mol. The molecule has 0 bridgehead atoms. The van der Waals surface area contributed by atoms with Crippen molar-refractivity contribution in [3.8, 4) is 5.75 Å². The lowest BCUT2D eigenvalue weighted by atomic mass is 10.2. The summed E-state index contributed by atoms with van der Waals surface area (Å²) in [6.07, 6.45) is 3.08. The highest BCUT2D eigenvalue weighted by atomic mass is 19.3. The molecular weight excluding hydrogens is 306 g/mol. The van der Waals surface area contributed by atoms with E-state index < -0.39 is 23.8 Å². The summed E-state index contributed by atoms with van der Waals surface area (Å²) < 4.78 is 38.5. The van der Waals surface area contributed by atoms with Crippen molar-refractivity contribution in [1.29, 1.82) is 0 Å². The van der Waals surface area contributed by atoms with E-state index in [1.54, 1.807) is 6.07 Å². The van der Waals surface area contributed by atoms with E-state index in [0.29, 0.717) is 17.2 Å². The summed E-state index contributed by atoms with van der Waals surface area (Å²) in [5, 5.41) is 0. The number of aromatic amines is 1. The van der Waals surface area contributed by atoms with Gasteiger partial charge in [-0.05, 0) is 24.5 Å². The number of alkyl halides is 2. The Morgan fingerprint density at radius 2 is 2.17 bits per heavy atom. The monoisotopic (exact) mass is 324 g/mol. The van der Waals surface area contributed by atoms with Crippen LogP contribution in [0.5, 0.6) is 5.75 Å². The van der Waals surface area contributed by atoms with E-state index in [9.17, 15) is 13.6 Å². The zero-order valence-corrected chi connectivity index (χ0v) is 12.8. The molecule has 0 spiro atoms. The molecule has 1 aliphatic carbocycles. The maximum absolute atomic E-state index is 14.2. The predicted octanol–water partition coefficient (Wildman–Crippen LogP) is 2.84. The molecule has 0 saturated heterocycles. The van der Waals surface area contributed by atoms with Crippen LogP contribution in [-0.2, 0) is 10.7 Å². The Kier molecular flexibility index (Phi) is 4.30. The Bertz CT molecular complexity index is 757. The number of ether oxygens (including phenoxy) is 2. The topological polar surface area (TPSA) is 64.2 Å². The Balaban J connectivity index is 1.79. The van der Waals surface area contributed by atoms with Gasteiger partial charge in [0.2, 0.25) is 0 Å². The van der Waals surface area contributed by atoms with Crippen molar-refractivity contribution < 1.29 is 18.3 Å². The molecule has 23 heavy (non-hydrogen) atoms. The highest BCUT2D eigenvalue weighted by Crippen LogP contribution is 2.32. The molecule has 3 rings (SSSR count). The van der Waals surface area contributed by atoms with Gasteiger partial charge in [0.25, 0.3) is 5.56 Å². The Labute approximate surface area is 131 Å². The Morgan fingerprint density at radius 1 is 1.39 bits per heavy atom. The lowest BCUT2D eigenvalue weighted by Crippen LogP contribution is -2.31. The minimum absolute atomic E-state index is 0.276. The fraction of sp³-hybridized carbons (Fsp3) is 0.500. The second-order valence-corrected chi connectivity index (χ2v) is 5.79. The van der Waals surface area contributed by atoms with Crippen molar-refractivity contribution >= 4 is 11.0 Å². The van der Waals surface area contributed by atoms with E-state index in [0.717, 1.165) is 19.3 Å². The number of H-pyrrole nitrogens is 1. The molecule has 1 aromatic heterocycles. The van der Waals surface area contributed by atoms with Crippen molar-refractivity contribution in [2.45, 2.75) is 25.2 Å². The Morgan fingerprint density at radius 3 is 2.87 bits per heavy atom. The van der Waals surface area contributed by atoms with E-state index >= 15 is 0 Å². The number of methoxy groups -OCH3 is 1. The van der Waals surface area contributed by atoms with E-state index in [1.165, 1.54) is 19.2 Å². The molecule has 0 radical (unpaired) electrons. The third kappa shape index (κ3) is 3.67. The number of hydrogen-bond donors (Lipinski definition) is 1. The van der Waals surface area contributed by atoms with Gasteiger partial charge in [0.05, 0.1) is 18.1 Å². The summed E-state index contributed by atoms with van der Waals surface area (Å²) in [5.41, 5.74) is -1.11. The van der Waals surface area contributed by atoms with Crippen molar-refractivity contribution in [1.82, 2.24) is 9.97 Å². The number of halogens is 2. The van der Waals surface area contributed by atoms with Crippen LogP contribution in [0.4, 0.5) is 8.78 Å². The van der Waals surface area contributed by atoms with E-state index in [2.05, 4.69) is 9.97 Å². The second kappa shape index (κ2) is 6.23. The van der Waals surface area contributed by atoms with Gasteiger partial charge in [-0.15, -0.1) is 0 Å². The largest absolute Gasteiger partial charge is 0.497 e. The van der Waals surface area contributed by atoms with Gasteiger partial charge in [-0.2, -0.15) is 8.78 Å². The number of hydrogen-bond acceptors (Lipinski definition) is 4. The highest BCUT2D eigenvalue weighted by molar-refractivity contribution is 5.75. The van der Waals surface area contributed by atoms with Gasteiger partial charge in [0.1, 0.15) is 12.4 Å². The molecule has 2 aromatic rings. The third-order valence-corrected chi connectivity index (χ3v) is 3.90. The quantitative estimate of drug-likeness (QED) is 0.796. The molecule has 1 fully saturated rings. The van der Waals surface area contributed by atoms with Crippen LogP contribution in [-0.4, -0.2) is 30.3 Å². The molecule has 5 nitrogen and oxygen atoms in total. The van der Waals surface area contributed by atoms with Crippen LogP contribution in [0.1, 0.15) is 25.0 Å². The summed E-state index contributed by atoms with van der Waals surface area (Å²) >= 11 is 0. The molecular formula is C16H18F2N2O3. The molecule has 7 heteroatoms. The fourth-order valence-corrected chi connectivity index (χ4v) is 2.37. The average Bonchev–Trinajstić information content (AvgIpc) is 3.34. The molecule has 1 aliphatic rings. The van der Waals surface area contributed by atoms with Crippen molar-refractivity contribution in [2.75, 3.05) is 20.3 Å². The van der Waals surface area contributed by atoms with Crippen LogP contribution in [0.3, 0.4) is 0 Å². The van der Waals surface area contributed by atoms with Crippen molar-refractivity contribution in [3.63, 3.8) is 0 Å². The number of nitrogens with zero attached hydrogens (tertiary/aromatic N) is 1. The van der Waals surface area contributed by atoms with Gasteiger partial charge in [-0.1, -0.05) is 12.8 Å². The molecule has 0 unspecified atom stereocenters. The summed E-state index contributed by atoms with van der Waals surface area (Å²) in [5.74, 6) is -2.30. The van der Waals surface area contributed by atoms with Crippen LogP contribution in [0.25, 0.3) is 11.0 Å².